The van der Waals surface area contributed by atoms with E-state index in [4.69, 9.17) is 0 Å². The highest BCUT2D eigenvalue weighted by atomic mass is 16.3. The molecular formula is C49H64N2O4. The number of hydrogen-bond acceptors (Lipinski definition) is 4. The molecule has 2 amide bonds. The zero-order valence-corrected chi connectivity index (χ0v) is 34.1. The van der Waals surface area contributed by atoms with Gasteiger partial charge < -0.3 is 20.4 Å². The SMILES string of the molecule is CC1=CCC[C@@]2(C)[C@@H](CC[C@@]2(O)CN(C[C@@H]2CC[C@H]3C[C@@H]2C3(C)C)C(=O)NC(C)C)c2ccc(cc2C(=O)c2ccccc2-c2ccccc2)C[C@@H](O)CC1. The van der Waals surface area contributed by atoms with E-state index >= 15 is 4.79 Å². The van der Waals surface area contributed by atoms with Gasteiger partial charge in [0.1, 0.15) is 0 Å². The van der Waals surface area contributed by atoms with Crippen LogP contribution in [0.5, 0.6) is 0 Å². The second-order valence-electron chi connectivity index (χ2n) is 18.9. The molecule has 0 saturated heterocycles. The van der Waals surface area contributed by atoms with Crippen LogP contribution >= 0.6 is 0 Å². The topological polar surface area (TPSA) is 89.9 Å². The Kier molecular flexibility index (Phi) is 11.2. The Balaban J connectivity index is 1.30. The van der Waals surface area contributed by atoms with Crippen LogP contribution in [-0.4, -0.2) is 57.8 Å². The van der Waals surface area contributed by atoms with Crippen LogP contribution in [0.1, 0.15) is 132 Å². The van der Waals surface area contributed by atoms with Crippen LogP contribution < -0.4 is 5.32 Å². The fourth-order valence-electron chi connectivity index (χ4n) is 11.2. The smallest absolute Gasteiger partial charge is 0.317 e. The number of nitrogens with zero attached hydrogens (tertiary/aromatic N) is 1. The number of rotatable bonds is 8. The van der Waals surface area contributed by atoms with Gasteiger partial charge >= 0.3 is 6.03 Å². The number of carbonyl (C=O) groups excluding carboxylic acids is 2. The maximum absolute atomic E-state index is 15.0. The Morgan fingerprint density at radius 3 is 2.38 bits per heavy atom. The zero-order valence-electron chi connectivity index (χ0n) is 34.1. The normalized spacial score (nSPS) is 30.1. The summed E-state index contributed by atoms with van der Waals surface area (Å²) in [6.45, 7) is 14.1. The van der Waals surface area contributed by atoms with Crippen molar-refractivity contribution in [1.29, 1.82) is 0 Å². The number of allylic oxidation sites excluding steroid dienone is 2. The monoisotopic (exact) mass is 744 g/mol. The van der Waals surface area contributed by atoms with E-state index in [0.29, 0.717) is 67.0 Å². The van der Waals surface area contributed by atoms with Gasteiger partial charge in [0.2, 0.25) is 0 Å². The van der Waals surface area contributed by atoms with Crippen molar-refractivity contribution in [3.05, 3.63) is 107 Å². The maximum Gasteiger partial charge on any atom is 0.317 e. The average molecular weight is 745 g/mol. The highest BCUT2D eigenvalue weighted by Gasteiger charge is 2.59. The lowest BCUT2D eigenvalue weighted by atomic mass is 9.45. The average Bonchev–Trinajstić information content (AvgIpc) is 3.41. The first-order valence-electron chi connectivity index (χ1n) is 21.1. The van der Waals surface area contributed by atoms with Crippen LogP contribution in [0, 0.1) is 28.6 Å². The molecule has 6 nitrogen and oxygen atoms in total. The Hall–Kier alpha value is -3.74. The summed E-state index contributed by atoms with van der Waals surface area (Å²) < 4.78 is 0. The first-order chi connectivity index (χ1) is 26.2. The number of ketones is 1. The lowest BCUT2D eigenvalue weighted by Crippen LogP contribution is -2.59. The van der Waals surface area contributed by atoms with Crippen LogP contribution in [-0.2, 0) is 6.42 Å². The molecule has 0 aliphatic heterocycles. The highest BCUT2D eigenvalue weighted by Crippen LogP contribution is 2.62. The van der Waals surface area contributed by atoms with Crippen molar-refractivity contribution in [2.45, 2.75) is 129 Å². The van der Waals surface area contributed by atoms with Crippen LogP contribution in [0.3, 0.4) is 0 Å². The first kappa shape index (κ1) is 39.5. The molecule has 6 aliphatic rings. The molecule has 0 aromatic heterocycles. The minimum Gasteiger partial charge on any atom is -0.393 e. The molecule has 4 fully saturated rings. The van der Waals surface area contributed by atoms with Gasteiger partial charge in [-0.05, 0) is 142 Å². The molecule has 6 heteroatoms. The summed E-state index contributed by atoms with van der Waals surface area (Å²) in [5.41, 5.74) is 4.80. The molecule has 0 unspecified atom stereocenters. The third-order valence-electron chi connectivity index (χ3n) is 14.8. The third-order valence-corrected chi connectivity index (χ3v) is 14.8. The predicted octanol–water partition coefficient (Wildman–Crippen LogP) is 10.1. The van der Waals surface area contributed by atoms with Crippen molar-refractivity contribution in [2.75, 3.05) is 13.1 Å². The minimum atomic E-state index is -1.17. The van der Waals surface area contributed by atoms with Crippen molar-refractivity contribution in [1.82, 2.24) is 10.2 Å². The minimum absolute atomic E-state index is 0.0146. The largest absolute Gasteiger partial charge is 0.393 e. The van der Waals surface area contributed by atoms with E-state index in [2.05, 4.69) is 51.2 Å². The summed E-state index contributed by atoms with van der Waals surface area (Å²) in [5, 5.41) is 27.6. The van der Waals surface area contributed by atoms with Gasteiger partial charge in [0.05, 0.1) is 18.2 Å². The molecule has 9 rings (SSSR count). The van der Waals surface area contributed by atoms with Gasteiger partial charge in [-0.1, -0.05) is 99.2 Å². The molecule has 294 valence electrons. The standard InChI is InChI=1S/C49H64N2O4/c1-32(2)50-46(54)51(30-36-20-21-37-29-44(36)47(37,4)5)31-49(55)26-24-43-40-23-19-34(27-38(52)22-18-33(3)13-12-25-48(43,49)6)28-42(40)45(53)41-17-11-10-16-39(41)35-14-8-7-9-15-35/h7-11,13-17,19,23,28,32,36-38,43-44,52,55H,12,18,20-22,24-27,29-31H2,1-6H3,(H,50,54)/t36-,37-,38-,43-,44-,48-,49+/m0/s1. The van der Waals surface area contributed by atoms with Crippen molar-refractivity contribution >= 4 is 11.8 Å². The summed E-state index contributed by atoms with van der Waals surface area (Å²) in [7, 11) is 0. The van der Waals surface area contributed by atoms with E-state index in [1.54, 1.807) is 0 Å². The molecule has 55 heavy (non-hydrogen) atoms. The molecule has 4 bridgehead atoms. The Morgan fingerprint density at radius 1 is 0.909 bits per heavy atom. The van der Waals surface area contributed by atoms with E-state index in [1.807, 2.05) is 79.4 Å². The highest BCUT2D eigenvalue weighted by molar-refractivity contribution is 6.13. The fourth-order valence-corrected chi connectivity index (χ4v) is 11.2. The molecule has 4 saturated carbocycles. The van der Waals surface area contributed by atoms with Crippen LogP contribution in [0.4, 0.5) is 4.79 Å². The van der Waals surface area contributed by atoms with E-state index in [-0.39, 0.29) is 30.3 Å². The second-order valence-corrected chi connectivity index (χ2v) is 18.9. The zero-order chi connectivity index (χ0) is 39.1. The van der Waals surface area contributed by atoms with E-state index in [9.17, 15) is 15.0 Å². The Labute approximate surface area is 329 Å². The maximum atomic E-state index is 15.0. The number of amides is 2. The Bertz CT molecular complexity index is 1900. The molecule has 6 aliphatic carbocycles. The van der Waals surface area contributed by atoms with Crippen LogP contribution in [0.25, 0.3) is 11.1 Å². The number of carbonyl (C=O) groups is 2. The van der Waals surface area contributed by atoms with Crippen molar-refractivity contribution in [2.24, 2.45) is 28.6 Å². The fraction of sp³-hybridized carbons (Fsp3) is 0.551. The van der Waals surface area contributed by atoms with Gasteiger partial charge in [-0.15, -0.1) is 0 Å². The van der Waals surface area contributed by atoms with Gasteiger partial charge in [0.25, 0.3) is 0 Å². The summed E-state index contributed by atoms with van der Waals surface area (Å²) >= 11 is 0. The van der Waals surface area contributed by atoms with Crippen LogP contribution in [0.2, 0.25) is 0 Å². The second kappa shape index (κ2) is 15.7. The summed E-state index contributed by atoms with van der Waals surface area (Å²) in [4.78, 5) is 31.1. The molecule has 3 N–H and O–H groups in total. The van der Waals surface area contributed by atoms with E-state index in [1.165, 1.54) is 18.4 Å². The number of nitrogens with one attached hydrogen (secondary N) is 1. The van der Waals surface area contributed by atoms with Crippen molar-refractivity contribution in [3.8, 4) is 11.1 Å². The van der Waals surface area contributed by atoms with Crippen molar-refractivity contribution in [3.63, 3.8) is 0 Å². The lowest BCUT2D eigenvalue weighted by Gasteiger charge is -2.60. The molecule has 3 aromatic rings. The number of aliphatic hydroxyl groups is 2. The molecule has 7 atom stereocenters. The number of aliphatic hydroxyl groups excluding tert-OH is 1. The Morgan fingerprint density at radius 2 is 1.65 bits per heavy atom. The molecule has 0 heterocycles. The summed E-state index contributed by atoms with van der Waals surface area (Å²) in [5.74, 6) is 1.62. The van der Waals surface area contributed by atoms with Gasteiger partial charge in [0.15, 0.2) is 5.78 Å². The van der Waals surface area contributed by atoms with Gasteiger partial charge in [-0.2, -0.15) is 0 Å². The van der Waals surface area contributed by atoms with Gasteiger partial charge in [-0.3, -0.25) is 4.79 Å². The van der Waals surface area contributed by atoms with E-state index in [0.717, 1.165) is 47.4 Å². The lowest BCUT2D eigenvalue weighted by molar-refractivity contribution is -0.117. The van der Waals surface area contributed by atoms with Crippen molar-refractivity contribution < 1.29 is 19.8 Å². The summed E-state index contributed by atoms with van der Waals surface area (Å²) in [6.07, 6.45) is 9.99. The van der Waals surface area contributed by atoms with E-state index < -0.39 is 17.1 Å². The van der Waals surface area contributed by atoms with Gasteiger partial charge in [-0.25, -0.2) is 4.79 Å². The number of hydrogen-bond donors (Lipinski definition) is 3. The molecular weight excluding hydrogens is 681 g/mol. The molecule has 3 aromatic carbocycles. The van der Waals surface area contributed by atoms with Gasteiger partial charge in [0, 0.05) is 29.1 Å². The third kappa shape index (κ3) is 7.70. The molecule has 0 spiro atoms. The number of fused-ring (bicyclic) bond motifs is 10. The quantitative estimate of drug-likeness (QED) is 0.158. The first-order valence-corrected chi connectivity index (χ1v) is 21.1. The molecule has 0 radical (unpaired) electrons. The summed E-state index contributed by atoms with van der Waals surface area (Å²) in [6, 6.07) is 24.0. The number of urea groups is 1. The number of benzene rings is 3. The van der Waals surface area contributed by atoms with Crippen LogP contribution in [0.15, 0.2) is 84.4 Å². The predicted molar refractivity (Wildman–Crippen MR) is 222 cm³/mol.